The van der Waals surface area contributed by atoms with Gasteiger partial charge in [-0.05, 0) is 71.0 Å². The van der Waals surface area contributed by atoms with Gasteiger partial charge in [-0.15, -0.1) is 10.2 Å². The zero-order chi connectivity index (χ0) is 19.2. The summed E-state index contributed by atoms with van der Waals surface area (Å²) < 4.78 is 1.93. The molecule has 2 rings (SSSR count). The second kappa shape index (κ2) is 9.81. The van der Waals surface area contributed by atoms with Crippen molar-refractivity contribution in [2.24, 2.45) is 18.9 Å². The Kier molecular flexibility index (Phi) is 8.05. The Labute approximate surface area is 158 Å². The zero-order valence-electron chi connectivity index (χ0n) is 17.1. The van der Waals surface area contributed by atoms with Crippen molar-refractivity contribution in [1.29, 1.82) is 0 Å². The second-order valence-corrected chi connectivity index (χ2v) is 8.84. The van der Waals surface area contributed by atoms with Crippen LogP contribution >= 0.6 is 0 Å². The molecule has 0 aromatic carbocycles. The highest BCUT2D eigenvalue weighted by Crippen LogP contribution is 2.23. The van der Waals surface area contributed by atoms with Crippen LogP contribution in [0.5, 0.6) is 0 Å². The van der Waals surface area contributed by atoms with E-state index >= 15 is 0 Å². The summed E-state index contributed by atoms with van der Waals surface area (Å²) in [4.78, 5) is 2.60. The zero-order valence-corrected chi connectivity index (χ0v) is 17.1. The van der Waals surface area contributed by atoms with E-state index in [2.05, 4.69) is 22.0 Å². The van der Waals surface area contributed by atoms with E-state index in [0.29, 0.717) is 11.7 Å². The van der Waals surface area contributed by atoms with Crippen LogP contribution in [0.15, 0.2) is 0 Å². The summed E-state index contributed by atoms with van der Waals surface area (Å²) in [6.07, 6.45) is 7.86. The fourth-order valence-electron chi connectivity index (χ4n) is 3.82. The first-order chi connectivity index (χ1) is 12.3. The molecule has 2 heterocycles. The molecule has 1 aromatic heterocycles. The first-order valence-electron chi connectivity index (χ1n) is 10.2. The number of aliphatic hydroxyl groups excluding tert-OH is 1. The van der Waals surface area contributed by atoms with E-state index in [1.165, 1.54) is 45.3 Å². The van der Waals surface area contributed by atoms with Crippen LogP contribution in [0.1, 0.15) is 70.9 Å². The highest BCUT2D eigenvalue weighted by Gasteiger charge is 2.22. The van der Waals surface area contributed by atoms with Gasteiger partial charge < -0.3 is 19.7 Å². The molecular formula is C20H38N4O2. The van der Waals surface area contributed by atoms with Crippen LogP contribution in [0, 0.1) is 11.8 Å². The van der Waals surface area contributed by atoms with Gasteiger partial charge in [0.05, 0.1) is 5.60 Å². The van der Waals surface area contributed by atoms with Crippen LogP contribution in [0.2, 0.25) is 0 Å². The van der Waals surface area contributed by atoms with Gasteiger partial charge in [0.1, 0.15) is 12.4 Å². The molecule has 1 aromatic rings. The summed E-state index contributed by atoms with van der Waals surface area (Å²) in [5.74, 6) is 3.04. The fourth-order valence-corrected chi connectivity index (χ4v) is 3.82. The van der Waals surface area contributed by atoms with Gasteiger partial charge in [0, 0.05) is 13.5 Å². The molecule has 6 nitrogen and oxygen atoms in total. The highest BCUT2D eigenvalue weighted by molar-refractivity contribution is 4.95. The van der Waals surface area contributed by atoms with Crippen LogP contribution < -0.4 is 0 Å². The van der Waals surface area contributed by atoms with Crippen molar-refractivity contribution in [1.82, 2.24) is 19.7 Å². The maximum absolute atomic E-state index is 9.80. The molecule has 1 fully saturated rings. The number of piperidine rings is 1. The quantitative estimate of drug-likeness (QED) is 0.666. The normalized spacial score (nSPS) is 18.4. The summed E-state index contributed by atoms with van der Waals surface area (Å²) in [6.45, 7) is 9.62. The fraction of sp³-hybridized carbons (Fsp3) is 0.900. The molecule has 1 saturated heterocycles. The average Bonchev–Trinajstić information content (AvgIpc) is 2.93. The third-order valence-corrected chi connectivity index (χ3v) is 5.80. The van der Waals surface area contributed by atoms with Crippen LogP contribution in [0.25, 0.3) is 0 Å². The minimum Gasteiger partial charge on any atom is -0.390 e. The summed E-state index contributed by atoms with van der Waals surface area (Å²) in [6, 6.07) is 0. The molecule has 0 aliphatic carbocycles. The Morgan fingerprint density at radius 3 is 2.38 bits per heavy atom. The monoisotopic (exact) mass is 366 g/mol. The van der Waals surface area contributed by atoms with Gasteiger partial charge in [0.15, 0.2) is 5.82 Å². The van der Waals surface area contributed by atoms with Crippen LogP contribution in [-0.2, 0) is 20.1 Å². The number of rotatable bonds is 10. The molecule has 26 heavy (non-hydrogen) atoms. The lowest BCUT2D eigenvalue weighted by Crippen LogP contribution is -2.35. The Morgan fingerprint density at radius 1 is 1.15 bits per heavy atom. The summed E-state index contributed by atoms with van der Waals surface area (Å²) in [5.41, 5.74) is -0.526. The lowest BCUT2D eigenvalue weighted by Gasteiger charge is -2.32. The Hall–Kier alpha value is -0.980. The smallest absolute Gasteiger partial charge is 0.158 e. The molecule has 0 amide bonds. The van der Waals surface area contributed by atoms with E-state index in [1.807, 2.05) is 25.5 Å². The van der Waals surface area contributed by atoms with Gasteiger partial charge in [-0.3, -0.25) is 0 Å². The molecule has 0 saturated carbocycles. The largest absolute Gasteiger partial charge is 0.390 e. The summed E-state index contributed by atoms with van der Waals surface area (Å²) in [5, 5.41) is 27.3. The second-order valence-electron chi connectivity index (χ2n) is 8.84. The van der Waals surface area contributed by atoms with Crippen molar-refractivity contribution < 1.29 is 10.2 Å². The first kappa shape index (κ1) is 21.3. The minimum absolute atomic E-state index is 0.0457. The van der Waals surface area contributed by atoms with Crippen molar-refractivity contribution in [2.45, 2.75) is 77.9 Å². The molecule has 150 valence electrons. The third-order valence-electron chi connectivity index (χ3n) is 5.80. The number of nitrogens with zero attached hydrogens (tertiary/aromatic N) is 4. The molecule has 2 N–H and O–H groups in total. The number of aliphatic hydroxyl groups is 2. The Bertz CT molecular complexity index is 530. The van der Waals surface area contributed by atoms with Crippen LogP contribution in [-0.4, -0.2) is 55.1 Å². The van der Waals surface area contributed by atoms with Crippen molar-refractivity contribution in [2.75, 3.05) is 19.6 Å². The van der Waals surface area contributed by atoms with Gasteiger partial charge in [0.2, 0.25) is 0 Å². The Balaban J connectivity index is 1.63. The molecule has 1 aliphatic rings. The van der Waals surface area contributed by atoms with Crippen molar-refractivity contribution in [3.8, 4) is 0 Å². The van der Waals surface area contributed by atoms with E-state index in [0.717, 1.165) is 31.0 Å². The van der Waals surface area contributed by atoms with Gasteiger partial charge in [-0.1, -0.05) is 19.8 Å². The SMILES string of the molecule is C[C@H](CCCC(C)(C)O)CCN1CCC(Cc2nnc(CO)n2C)CC1. The van der Waals surface area contributed by atoms with Gasteiger partial charge in [0.25, 0.3) is 0 Å². The van der Waals surface area contributed by atoms with Crippen molar-refractivity contribution >= 4 is 0 Å². The van der Waals surface area contributed by atoms with E-state index in [-0.39, 0.29) is 6.61 Å². The third kappa shape index (κ3) is 6.97. The number of hydrogen-bond acceptors (Lipinski definition) is 5. The van der Waals surface area contributed by atoms with Gasteiger partial charge in [-0.25, -0.2) is 0 Å². The molecule has 0 spiro atoms. The lowest BCUT2D eigenvalue weighted by molar-refractivity contribution is 0.0666. The molecule has 0 radical (unpaired) electrons. The van der Waals surface area contributed by atoms with Gasteiger partial charge in [-0.2, -0.15) is 0 Å². The van der Waals surface area contributed by atoms with Crippen molar-refractivity contribution in [3.63, 3.8) is 0 Å². The van der Waals surface area contributed by atoms with E-state index in [9.17, 15) is 10.2 Å². The van der Waals surface area contributed by atoms with Gasteiger partial charge >= 0.3 is 0 Å². The molecule has 0 bridgehead atoms. The van der Waals surface area contributed by atoms with E-state index in [4.69, 9.17) is 0 Å². The number of aromatic nitrogens is 3. The van der Waals surface area contributed by atoms with E-state index < -0.39 is 5.60 Å². The molecule has 1 atom stereocenters. The maximum atomic E-state index is 9.80. The predicted molar refractivity (Wildman–Crippen MR) is 104 cm³/mol. The first-order valence-corrected chi connectivity index (χ1v) is 10.2. The summed E-state index contributed by atoms with van der Waals surface area (Å²) in [7, 11) is 1.94. The average molecular weight is 367 g/mol. The lowest BCUT2D eigenvalue weighted by atomic mass is 9.92. The predicted octanol–water partition coefficient (Wildman–Crippen LogP) is 2.53. The maximum Gasteiger partial charge on any atom is 0.158 e. The molecule has 0 unspecified atom stereocenters. The summed E-state index contributed by atoms with van der Waals surface area (Å²) >= 11 is 0. The number of hydrogen-bond donors (Lipinski definition) is 2. The van der Waals surface area contributed by atoms with E-state index in [1.54, 1.807) is 0 Å². The van der Waals surface area contributed by atoms with Crippen molar-refractivity contribution in [3.05, 3.63) is 11.6 Å². The molecule has 1 aliphatic heterocycles. The Morgan fingerprint density at radius 2 is 1.81 bits per heavy atom. The number of likely N-dealkylation sites (tertiary alicyclic amines) is 1. The standard InChI is InChI=1S/C20H38N4O2/c1-16(6-5-10-20(2,3)26)7-11-24-12-8-17(9-13-24)14-18-21-22-19(15-25)23(18)4/h16-17,25-26H,5-15H2,1-4H3/t16-/m1/s1. The van der Waals surface area contributed by atoms with Crippen LogP contribution in [0.3, 0.4) is 0 Å². The minimum atomic E-state index is -0.526. The highest BCUT2D eigenvalue weighted by atomic mass is 16.3. The topological polar surface area (TPSA) is 74.4 Å². The molecular weight excluding hydrogens is 328 g/mol. The molecule has 6 heteroatoms. The van der Waals surface area contributed by atoms with Crippen LogP contribution in [0.4, 0.5) is 0 Å².